The van der Waals surface area contributed by atoms with Crippen molar-refractivity contribution in [1.82, 2.24) is 5.32 Å². The zero-order valence-corrected chi connectivity index (χ0v) is 16.7. The van der Waals surface area contributed by atoms with Gasteiger partial charge in [-0.3, -0.25) is 0 Å². The quantitative estimate of drug-likeness (QED) is 0.744. The van der Waals surface area contributed by atoms with Gasteiger partial charge in [0.15, 0.2) is 11.5 Å². The van der Waals surface area contributed by atoms with E-state index in [4.69, 9.17) is 9.47 Å². The molecule has 5 rings (SSSR count). The molecular formula is C20H28BrNO3. The molecule has 0 heterocycles. The summed E-state index contributed by atoms with van der Waals surface area (Å²) in [5, 5.41) is 14.7. The standard InChI is InChI=1S/C20H28BrNO3/c1-3-25-17-6-13(5-16(21)18(17)24-2)11-22-19-7-14-4-15(8-19)10-20(23,9-14)12-19/h5-6,14-15,22-23H,3-4,7-12H2,1-2H3. The molecule has 4 nitrogen and oxygen atoms in total. The zero-order chi connectivity index (χ0) is 17.7. The van der Waals surface area contributed by atoms with Crippen molar-refractivity contribution in [1.29, 1.82) is 0 Å². The Hall–Kier alpha value is -0.780. The molecule has 4 saturated carbocycles. The number of methoxy groups -OCH3 is 1. The average molecular weight is 410 g/mol. The van der Waals surface area contributed by atoms with Crippen LogP contribution < -0.4 is 14.8 Å². The number of rotatable bonds is 6. The lowest BCUT2D eigenvalue weighted by Crippen LogP contribution is -2.64. The second-order valence-corrected chi connectivity index (χ2v) is 9.22. The van der Waals surface area contributed by atoms with Gasteiger partial charge in [-0.15, -0.1) is 0 Å². The van der Waals surface area contributed by atoms with Crippen LogP contribution in [0.5, 0.6) is 11.5 Å². The van der Waals surface area contributed by atoms with Crippen LogP contribution >= 0.6 is 15.9 Å². The number of halogens is 1. The highest BCUT2D eigenvalue weighted by Crippen LogP contribution is 2.57. The Morgan fingerprint density at radius 1 is 1.24 bits per heavy atom. The summed E-state index contributed by atoms with van der Waals surface area (Å²) in [4.78, 5) is 0. The van der Waals surface area contributed by atoms with E-state index in [1.54, 1.807) is 7.11 Å². The third-order valence-electron chi connectivity index (χ3n) is 6.27. The number of ether oxygens (including phenoxy) is 2. The summed E-state index contributed by atoms with van der Waals surface area (Å²) in [7, 11) is 1.66. The number of hydrogen-bond acceptors (Lipinski definition) is 4. The molecule has 2 atom stereocenters. The second kappa shape index (κ2) is 6.43. The lowest BCUT2D eigenvalue weighted by atomic mass is 9.51. The van der Waals surface area contributed by atoms with E-state index >= 15 is 0 Å². The molecule has 4 aliphatic carbocycles. The van der Waals surface area contributed by atoms with Gasteiger partial charge in [0.2, 0.25) is 0 Å². The van der Waals surface area contributed by atoms with Gasteiger partial charge in [0.05, 0.1) is 23.8 Å². The largest absolute Gasteiger partial charge is 0.492 e. The van der Waals surface area contributed by atoms with E-state index in [0.29, 0.717) is 18.4 Å². The van der Waals surface area contributed by atoms with Crippen LogP contribution in [0.4, 0.5) is 0 Å². The smallest absolute Gasteiger partial charge is 0.174 e. The fraction of sp³-hybridized carbons (Fsp3) is 0.700. The molecule has 1 aromatic rings. The van der Waals surface area contributed by atoms with Crippen LogP contribution in [0.3, 0.4) is 0 Å². The van der Waals surface area contributed by atoms with Gasteiger partial charge in [-0.2, -0.15) is 0 Å². The summed E-state index contributed by atoms with van der Waals surface area (Å²) < 4.78 is 12.1. The normalized spacial score (nSPS) is 35.8. The first kappa shape index (κ1) is 17.6. The predicted molar refractivity (Wildman–Crippen MR) is 101 cm³/mol. The van der Waals surface area contributed by atoms with E-state index in [0.717, 1.165) is 41.8 Å². The molecule has 5 heteroatoms. The second-order valence-electron chi connectivity index (χ2n) is 8.36. The maximum atomic E-state index is 10.9. The minimum absolute atomic E-state index is 0.108. The number of aliphatic hydroxyl groups is 1. The van der Waals surface area contributed by atoms with Crippen molar-refractivity contribution >= 4 is 15.9 Å². The highest BCUT2D eigenvalue weighted by atomic mass is 79.9. The zero-order valence-electron chi connectivity index (χ0n) is 15.1. The lowest BCUT2D eigenvalue weighted by molar-refractivity contribution is -0.142. The monoisotopic (exact) mass is 409 g/mol. The maximum absolute atomic E-state index is 10.9. The minimum Gasteiger partial charge on any atom is -0.492 e. The van der Waals surface area contributed by atoms with Gasteiger partial charge in [0.1, 0.15) is 0 Å². The third-order valence-corrected chi connectivity index (χ3v) is 6.86. The molecule has 0 amide bonds. The highest BCUT2D eigenvalue weighted by molar-refractivity contribution is 9.10. The molecule has 2 unspecified atom stereocenters. The van der Waals surface area contributed by atoms with Gasteiger partial charge >= 0.3 is 0 Å². The lowest BCUT2D eigenvalue weighted by Gasteiger charge is -2.60. The molecule has 0 saturated heterocycles. The average Bonchev–Trinajstić information content (AvgIpc) is 2.51. The van der Waals surface area contributed by atoms with Gasteiger partial charge in [0, 0.05) is 12.1 Å². The van der Waals surface area contributed by atoms with Gasteiger partial charge in [-0.05, 0) is 90.9 Å². The van der Waals surface area contributed by atoms with Crippen LogP contribution in [0.2, 0.25) is 0 Å². The first-order valence-electron chi connectivity index (χ1n) is 9.41. The number of nitrogens with one attached hydrogen (secondary N) is 1. The summed E-state index contributed by atoms with van der Waals surface area (Å²) in [6.07, 6.45) is 6.66. The Morgan fingerprint density at radius 2 is 1.96 bits per heavy atom. The molecule has 2 N–H and O–H groups in total. The molecule has 4 aliphatic rings. The van der Waals surface area contributed by atoms with Gasteiger partial charge in [-0.1, -0.05) is 0 Å². The fourth-order valence-electron chi connectivity index (χ4n) is 5.90. The Labute approximate surface area is 158 Å². The van der Waals surface area contributed by atoms with Crippen LogP contribution in [0, 0.1) is 11.8 Å². The van der Waals surface area contributed by atoms with Crippen LogP contribution in [-0.2, 0) is 6.54 Å². The predicted octanol–water partition coefficient (Wildman–Crippen LogP) is 4.03. The van der Waals surface area contributed by atoms with E-state index < -0.39 is 5.60 Å². The van der Waals surface area contributed by atoms with Gasteiger partial charge in [0.25, 0.3) is 0 Å². The van der Waals surface area contributed by atoms with Crippen molar-refractivity contribution in [3.8, 4) is 11.5 Å². The van der Waals surface area contributed by atoms with E-state index in [9.17, 15) is 5.11 Å². The molecule has 0 radical (unpaired) electrons. The van der Waals surface area contributed by atoms with E-state index in [-0.39, 0.29) is 5.54 Å². The summed E-state index contributed by atoms with van der Waals surface area (Å²) in [6.45, 7) is 3.38. The van der Waals surface area contributed by atoms with Crippen molar-refractivity contribution in [2.24, 2.45) is 11.8 Å². The van der Waals surface area contributed by atoms with Crippen molar-refractivity contribution < 1.29 is 14.6 Å². The molecule has 4 bridgehead atoms. The maximum Gasteiger partial charge on any atom is 0.174 e. The molecule has 25 heavy (non-hydrogen) atoms. The minimum atomic E-state index is -0.423. The van der Waals surface area contributed by atoms with Crippen LogP contribution in [0.25, 0.3) is 0 Å². The first-order valence-corrected chi connectivity index (χ1v) is 10.2. The number of hydrogen-bond donors (Lipinski definition) is 2. The molecule has 0 spiro atoms. The molecule has 0 aromatic heterocycles. The molecule has 138 valence electrons. The van der Waals surface area contributed by atoms with E-state index in [2.05, 4.69) is 33.4 Å². The Balaban J connectivity index is 1.52. The Kier molecular flexibility index (Phi) is 4.53. The molecule has 1 aromatic carbocycles. The molecule has 0 aliphatic heterocycles. The van der Waals surface area contributed by atoms with Crippen molar-refractivity contribution in [3.63, 3.8) is 0 Å². The summed E-state index contributed by atoms with van der Waals surface area (Å²) in [5.41, 5.74) is 0.865. The summed E-state index contributed by atoms with van der Waals surface area (Å²) in [6, 6.07) is 4.17. The topological polar surface area (TPSA) is 50.7 Å². The molecular weight excluding hydrogens is 382 g/mol. The van der Waals surface area contributed by atoms with Crippen molar-refractivity contribution in [2.75, 3.05) is 13.7 Å². The Morgan fingerprint density at radius 3 is 2.56 bits per heavy atom. The first-order chi connectivity index (χ1) is 11.9. The van der Waals surface area contributed by atoms with Gasteiger partial charge in [-0.25, -0.2) is 0 Å². The van der Waals surface area contributed by atoms with Crippen molar-refractivity contribution in [2.45, 2.75) is 63.1 Å². The third kappa shape index (κ3) is 3.31. The summed E-state index contributed by atoms with van der Waals surface area (Å²) >= 11 is 3.60. The highest BCUT2D eigenvalue weighted by Gasteiger charge is 2.56. The van der Waals surface area contributed by atoms with E-state index in [1.165, 1.54) is 24.8 Å². The molecule has 4 fully saturated rings. The number of benzene rings is 1. The van der Waals surface area contributed by atoms with Crippen molar-refractivity contribution in [3.05, 3.63) is 22.2 Å². The SMILES string of the molecule is CCOc1cc(CNC23CC4CC(CC(O)(C4)C2)C3)cc(Br)c1OC. The fourth-order valence-corrected chi connectivity index (χ4v) is 6.55. The van der Waals surface area contributed by atoms with Crippen LogP contribution in [-0.4, -0.2) is 30.0 Å². The Bertz CT molecular complexity index is 649. The van der Waals surface area contributed by atoms with Crippen LogP contribution in [0.15, 0.2) is 16.6 Å². The summed E-state index contributed by atoms with van der Waals surface area (Å²) in [5.74, 6) is 2.91. The van der Waals surface area contributed by atoms with Crippen LogP contribution in [0.1, 0.15) is 51.0 Å². The van der Waals surface area contributed by atoms with E-state index in [1.807, 2.05) is 6.92 Å². The van der Waals surface area contributed by atoms with Gasteiger partial charge < -0.3 is 19.9 Å².